The van der Waals surface area contributed by atoms with E-state index in [9.17, 15) is 10.1 Å². The Bertz CT molecular complexity index is 1020. The molecule has 0 saturated carbocycles. The molecular weight excluding hydrogens is 429 g/mol. The van der Waals surface area contributed by atoms with Crippen molar-refractivity contribution in [2.24, 2.45) is 11.3 Å². The van der Waals surface area contributed by atoms with Gasteiger partial charge in [0.15, 0.2) is 0 Å². The lowest BCUT2D eigenvalue weighted by atomic mass is 9.63. The summed E-state index contributed by atoms with van der Waals surface area (Å²) >= 11 is 11.9. The predicted molar refractivity (Wildman–Crippen MR) is 113 cm³/mol. The normalized spacial score (nSPS) is 24.0. The van der Waals surface area contributed by atoms with Crippen LogP contribution < -0.4 is 0 Å². The van der Waals surface area contributed by atoms with Crippen LogP contribution in [-0.4, -0.2) is 17.9 Å². The van der Waals surface area contributed by atoms with E-state index in [0.717, 1.165) is 6.07 Å². The van der Waals surface area contributed by atoms with Crippen molar-refractivity contribution in [3.63, 3.8) is 0 Å². The van der Waals surface area contributed by atoms with Gasteiger partial charge in [-0.05, 0) is 30.0 Å². The van der Waals surface area contributed by atoms with Crippen molar-refractivity contribution in [2.45, 2.75) is 38.6 Å². The quantitative estimate of drug-likeness (QED) is 0.556. The van der Waals surface area contributed by atoms with Crippen molar-refractivity contribution in [3.8, 4) is 6.07 Å². The monoisotopic (exact) mass is 449 g/mol. The lowest BCUT2D eigenvalue weighted by molar-refractivity contribution is 0.244. The average molecular weight is 450 g/mol. The van der Waals surface area contributed by atoms with Crippen LogP contribution in [0.15, 0.2) is 36.4 Å². The van der Waals surface area contributed by atoms with Gasteiger partial charge in [-0.1, -0.05) is 62.2 Å². The molecule has 3 rings (SSSR count). The minimum Gasteiger partial charge on any atom is -0.325 e. The standard InChI is InChI=1S/C23H21Cl2F2N2O/c1-22(2,3)10-14-11-29(13-30)21(16-5-4-6-18(25)20(16)27)23(14,12-28)17-8-7-15(24)9-19(17)26/h4-9,14,21H,10-11H2,1-3H3/t14-,21-,23-/m1/s1. The average Bonchev–Trinajstić information content (AvgIpc) is 2.96. The third-order valence-electron chi connectivity index (χ3n) is 5.62. The molecule has 0 aliphatic carbocycles. The molecule has 0 unspecified atom stereocenters. The van der Waals surface area contributed by atoms with Gasteiger partial charge in [0.25, 0.3) is 0 Å². The van der Waals surface area contributed by atoms with Crippen molar-refractivity contribution in [1.82, 2.24) is 4.90 Å². The minimum atomic E-state index is -1.55. The molecule has 157 valence electrons. The van der Waals surface area contributed by atoms with E-state index in [4.69, 9.17) is 23.2 Å². The molecule has 3 nitrogen and oxygen atoms in total. The van der Waals surface area contributed by atoms with Crippen molar-refractivity contribution in [3.05, 3.63) is 69.2 Å². The summed E-state index contributed by atoms with van der Waals surface area (Å²) in [4.78, 5) is 13.1. The molecule has 2 aromatic carbocycles. The van der Waals surface area contributed by atoms with E-state index in [2.05, 4.69) is 6.07 Å². The number of halogens is 4. The molecule has 0 aromatic heterocycles. The highest BCUT2D eigenvalue weighted by Gasteiger charge is 2.58. The molecule has 1 heterocycles. The Morgan fingerprint density at radius 2 is 1.93 bits per heavy atom. The van der Waals surface area contributed by atoms with E-state index < -0.39 is 29.0 Å². The van der Waals surface area contributed by atoms with Crippen molar-refractivity contribution < 1.29 is 13.6 Å². The van der Waals surface area contributed by atoms with Crippen LogP contribution >= 0.6 is 23.2 Å². The highest BCUT2D eigenvalue weighted by molar-refractivity contribution is 6.31. The van der Waals surface area contributed by atoms with Crippen LogP contribution in [0.1, 0.15) is 44.4 Å². The fourth-order valence-electron chi connectivity index (χ4n) is 4.56. The Balaban J connectivity index is 2.35. The van der Waals surface area contributed by atoms with E-state index in [1.165, 1.54) is 29.2 Å². The largest absolute Gasteiger partial charge is 0.325 e. The molecule has 1 fully saturated rings. The number of nitrogens with zero attached hydrogens (tertiary/aromatic N) is 2. The number of amides is 1. The molecule has 2 aromatic rings. The molecule has 0 spiro atoms. The van der Waals surface area contributed by atoms with Gasteiger partial charge in [-0.2, -0.15) is 5.26 Å². The molecule has 0 N–H and O–H groups in total. The summed E-state index contributed by atoms with van der Waals surface area (Å²) in [6.45, 7) is 6.12. The summed E-state index contributed by atoms with van der Waals surface area (Å²) in [5.41, 5.74) is -1.65. The maximum atomic E-state index is 15.2. The minimum absolute atomic E-state index is 0.0539. The summed E-state index contributed by atoms with van der Waals surface area (Å²) in [5.74, 6) is -1.89. The first-order chi connectivity index (χ1) is 14.0. The fraction of sp³-hybridized carbons (Fsp3) is 0.391. The molecular formula is C23H21Cl2F2N2O. The van der Waals surface area contributed by atoms with Crippen molar-refractivity contribution in [1.29, 1.82) is 5.26 Å². The second-order valence-electron chi connectivity index (χ2n) is 8.86. The fourth-order valence-corrected chi connectivity index (χ4v) is 4.90. The van der Waals surface area contributed by atoms with Crippen LogP contribution in [-0.2, 0) is 10.2 Å². The summed E-state index contributed by atoms with van der Waals surface area (Å²) in [7, 11) is 0. The second-order valence-corrected chi connectivity index (χ2v) is 9.70. The van der Waals surface area contributed by atoms with Crippen LogP contribution in [0.3, 0.4) is 0 Å². The Morgan fingerprint density at radius 1 is 1.23 bits per heavy atom. The van der Waals surface area contributed by atoms with Crippen LogP contribution in [0.4, 0.5) is 8.78 Å². The highest BCUT2D eigenvalue weighted by atomic mass is 35.5. The number of nitriles is 1. The molecule has 7 heteroatoms. The summed E-state index contributed by atoms with van der Waals surface area (Å²) in [6, 6.07) is 9.64. The lowest BCUT2D eigenvalue weighted by Crippen LogP contribution is -2.39. The Morgan fingerprint density at radius 3 is 2.50 bits per heavy atom. The Kier molecular flexibility index (Phi) is 6.13. The zero-order chi connectivity index (χ0) is 22.3. The summed E-state index contributed by atoms with van der Waals surface area (Å²) < 4.78 is 30.2. The van der Waals surface area contributed by atoms with E-state index in [1.54, 1.807) is 6.07 Å². The molecule has 1 aliphatic rings. The Hall–Kier alpha value is -2.16. The number of carbonyl (C=O) groups excluding carboxylic acids is 1. The molecule has 3 atom stereocenters. The van der Waals surface area contributed by atoms with E-state index >= 15 is 8.78 Å². The summed E-state index contributed by atoms with van der Waals surface area (Å²) in [5, 5.41) is 10.5. The molecule has 1 aliphatic heterocycles. The molecule has 1 saturated heterocycles. The van der Waals surface area contributed by atoms with E-state index in [0.29, 0.717) is 6.42 Å². The molecule has 1 amide bonds. The van der Waals surface area contributed by atoms with Crippen LogP contribution in [0.25, 0.3) is 0 Å². The number of likely N-dealkylation sites (tertiary alicyclic amines) is 1. The smallest absolute Gasteiger partial charge is 0.312 e. The second kappa shape index (κ2) is 8.17. The first-order valence-electron chi connectivity index (χ1n) is 9.50. The zero-order valence-corrected chi connectivity index (χ0v) is 18.4. The van der Waals surface area contributed by atoms with Crippen molar-refractivity contribution in [2.75, 3.05) is 6.54 Å². The highest BCUT2D eigenvalue weighted by Crippen LogP contribution is 2.55. The van der Waals surface area contributed by atoms with Gasteiger partial charge in [-0.25, -0.2) is 8.78 Å². The number of hydrogen-bond acceptors (Lipinski definition) is 2. The molecule has 0 bridgehead atoms. The van der Waals surface area contributed by atoms with Gasteiger partial charge in [0.2, 0.25) is 0 Å². The molecule has 30 heavy (non-hydrogen) atoms. The maximum absolute atomic E-state index is 15.2. The van der Waals surface area contributed by atoms with Gasteiger partial charge < -0.3 is 4.90 Å². The zero-order valence-electron chi connectivity index (χ0n) is 16.8. The first-order valence-corrected chi connectivity index (χ1v) is 10.3. The third kappa shape index (κ3) is 3.79. The predicted octanol–water partition coefficient (Wildman–Crippen LogP) is 6.21. The van der Waals surface area contributed by atoms with Gasteiger partial charge in [0, 0.05) is 28.6 Å². The van der Waals surface area contributed by atoms with Crippen LogP contribution in [0.2, 0.25) is 10.0 Å². The van der Waals surface area contributed by atoms with Gasteiger partial charge in [-0.15, -0.1) is 0 Å². The van der Waals surface area contributed by atoms with Gasteiger partial charge in [0.1, 0.15) is 17.0 Å². The van der Waals surface area contributed by atoms with Gasteiger partial charge in [-0.3, -0.25) is 4.79 Å². The number of benzene rings is 2. The van der Waals surface area contributed by atoms with E-state index in [-0.39, 0.29) is 33.1 Å². The lowest BCUT2D eigenvalue weighted by Gasteiger charge is -2.37. The van der Waals surface area contributed by atoms with Gasteiger partial charge in [0.05, 0.1) is 17.1 Å². The van der Waals surface area contributed by atoms with Crippen LogP contribution in [0.5, 0.6) is 0 Å². The summed E-state index contributed by atoms with van der Waals surface area (Å²) in [6.07, 6.45) is 2.34. The Labute approximate surface area is 185 Å². The van der Waals surface area contributed by atoms with Crippen molar-refractivity contribution >= 4 is 29.6 Å². The first kappa shape index (κ1) is 22.5. The third-order valence-corrected chi connectivity index (χ3v) is 6.14. The number of rotatable bonds is 4. The van der Waals surface area contributed by atoms with Gasteiger partial charge >= 0.3 is 6.41 Å². The number of hydrogen-bond donors (Lipinski definition) is 0. The maximum Gasteiger partial charge on any atom is 0.312 e. The molecule has 1 radical (unpaired) electrons. The van der Waals surface area contributed by atoms with E-state index in [1.807, 2.05) is 27.2 Å². The topological polar surface area (TPSA) is 44.1 Å². The van der Waals surface area contributed by atoms with Crippen LogP contribution in [0, 0.1) is 34.3 Å². The SMILES string of the molecule is CC(C)(C)C[C@@H]1CN([C]=O)[C@H](c2cccc(Cl)c2F)[C@@]1(C#N)c1ccc(Cl)cc1F.